The third kappa shape index (κ3) is 17.0. The SMILES string of the molecule is C=CCCCCCCCCC(CCCCC)(CCCCCCC=C)CC(C)CC=C. The average molecular weight is 417 g/mol. The minimum absolute atomic E-state index is 0.582. The van der Waals surface area contributed by atoms with Crippen LogP contribution in [-0.2, 0) is 0 Å². The molecule has 176 valence electrons. The van der Waals surface area contributed by atoms with Gasteiger partial charge in [-0.15, -0.1) is 19.7 Å². The van der Waals surface area contributed by atoms with Crippen LogP contribution in [0.1, 0.15) is 142 Å². The zero-order chi connectivity index (χ0) is 22.3. The van der Waals surface area contributed by atoms with Gasteiger partial charge in [0, 0.05) is 0 Å². The molecule has 0 heteroatoms. The first kappa shape index (κ1) is 29.2. The molecule has 0 rings (SSSR count). The van der Waals surface area contributed by atoms with Gasteiger partial charge in [0.25, 0.3) is 0 Å². The maximum absolute atomic E-state index is 4.01. The fraction of sp³-hybridized carbons (Fsp3) is 0.800. The lowest BCUT2D eigenvalue weighted by Gasteiger charge is -2.37. The van der Waals surface area contributed by atoms with Gasteiger partial charge in [0.05, 0.1) is 0 Å². The van der Waals surface area contributed by atoms with E-state index in [-0.39, 0.29) is 0 Å². The van der Waals surface area contributed by atoms with E-state index in [0.717, 1.165) is 5.92 Å². The summed E-state index contributed by atoms with van der Waals surface area (Å²) in [6, 6.07) is 0. The summed E-state index contributed by atoms with van der Waals surface area (Å²) < 4.78 is 0. The van der Waals surface area contributed by atoms with Crippen molar-refractivity contribution in [3.05, 3.63) is 38.0 Å². The lowest BCUT2D eigenvalue weighted by molar-refractivity contribution is 0.151. The topological polar surface area (TPSA) is 0 Å². The monoisotopic (exact) mass is 416 g/mol. The van der Waals surface area contributed by atoms with Crippen molar-refractivity contribution in [3.8, 4) is 0 Å². The predicted octanol–water partition coefficient (Wildman–Crippen LogP) is 11.0. The van der Waals surface area contributed by atoms with Gasteiger partial charge in [0.1, 0.15) is 0 Å². The Morgan fingerprint density at radius 2 is 1.03 bits per heavy atom. The summed E-state index contributed by atoms with van der Waals surface area (Å²) in [5, 5.41) is 0. The van der Waals surface area contributed by atoms with Crippen molar-refractivity contribution in [3.63, 3.8) is 0 Å². The highest BCUT2D eigenvalue weighted by molar-refractivity contribution is 4.84. The Balaban J connectivity index is 4.70. The van der Waals surface area contributed by atoms with Crippen molar-refractivity contribution in [2.75, 3.05) is 0 Å². The molecule has 0 amide bonds. The van der Waals surface area contributed by atoms with E-state index in [0.29, 0.717) is 5.41 Å². The second kappa shape index (κ2) is 21.5. The molecule has 0 aromatic rings. The van der Waals surface area contributed by atoms with Crippen LogP contribution in [0.15, 0.2) is 38.0 Å². The molecule has 0 spiro atoms. The van der Waals surface area contributed by atoms with Crippen molar-refractivity contribution in [1.29, 1.82) is 0 Å². The molecule has 2 atom stereocenters. The van der Waals surface area contributed by atoms with Crippen molar-refractivity contribution >= 4 is 0 Å². The smallest absolute Gasteiger partial charge is 0.0295 e. The van der Waals surface area contributed by atoms with Gasteiger partial charge in [-0.05, 0) is 69.1 Å². The van der Waals surface area contributed by atoms with Gasteiger partial charge in [-0.1, -0.05) is 103 Å². The molecule has 2 unspecified atom stereocenters. The fourth-order valence-electron chi connectivity index (χ4n) is 5.18. The van der Waals surface area contributed by atoms with Gasteiger partial charge < -0.3 is 0 Å². The summed E-state index contributed by atoms with van der Waals surface area (Å²) in [5.74, 6) is 0.781. The molecule has 0 fully saturated rings. The van der Waals surface area contributed by atoms with Crippen LogP contribution in [0.2, 0.25) is 0 Å². The second-order valence-electron chi connectivity index (χ2n) is 9.98. The van der Waals surface area contributed by atoms with Crippen molar-refractivity contribution < 1.29 is 0 Å². The summed E-state index contributed by atoms with van der Waals surface area (Å²) in [6.45, 7) is 16.5. The molecule has 30 heavy (non-hydrogen) atoms. The number of rotatable bonds is 24. The third-order valence-corrected chi connectivity index (χ3v) is 6.89. The molecule has 0 aliphatic carbocycles. The summed E-state index contributed by atoms with van der Waals surface area (Å²) in [6.07, 6.45) is 33.7. The van der Waals surface area contributed by atoms with Gasteiger partial charge in [-0.25, -0.2) is 0 Å². The lowest BCUT2D eigenvalue weighted by atomic mass is 9.68. The molecule has 0 aromatic heterocycles. The van der Waals surface area contributed by atoms with Crippen LogP contribution in [0, 0.1) is 11.3 Å². The second-order valence-corrected chi connectivity index (χ2v) is 9.98. The highest BCUT2D eigenvalue weighted by Crippen LogP contribution is 2.43. The molecule has 0 N–H and O–H groups in total. The number of unbranched alkanes of at least 4 members (excludes halogenated alkanes) is 12. The van der Waals surface area contributed by atoms with Gasteiger partial charge in [0.15, 0.2) is 0 Å². The molecule has 0 saturated carbocycles. The molecule has 0 aliphatic rings. The van der Waals surface area contributed by atoms with Crippen LogP contribution in [0.3, 0.4) is 0 Å². The van der Waals surface area contributed by atoms with E-state index in [1.54, 1.807) is 0 Å². The zero-order valence-corrected chi connectivity index (χ0v) is 21.1. The fourth-order valence-corrected chi connectivity index (χ4v) is 5.18. The summed E-state index contributed by atoms with van der Waals surface area (Å²) in [7, 11) is 0. The molecular formula is C30H56. The Kier molecular flexibility index (Phi) is 20.9. The normalized spacial score (nSPS) is 14.2. The number of hydrogen-bond acceptors (Lipinski definition) is 0. The molecule has 0 saturated heterocycles. The largest absolute Gasteiger partial charge is 0.103 e. The van der Waals surface area contributed by atoms with Gasteiger partial charge in [-0.3, -0.25) is 0 Å². The summed E-state index contributed by atoms with van der Waals surface area (Å²) in [4.78, 5) is 0. The Hall–Kier alpha value is -0.780. The van der Waals surface area contributed by atoms with Gasteiger partial charge >= 0.3 is 0 Å². The van der Waals surface area contributed by atoms with Crippen LogP contribution in [0.5, 0.6) is 0 Å². The standard InChI is InChI=1S/C30H56/c1-6-10-13-15-17-18-20-23-27-30(25-21-12-8-3,28-29(5)24-9-4)26-22-19-16-14-11-7-2/h6-7,9,29H,1-2,4,8,10-28H2,3,5H3. The van der Waals surface area contributed by atoms with Gasteiger partial charge in [-0.2, -0.15) is 0 Å². The molecular weight excluding hydrogens is 360 g/mol. The van der Waals surface area contributed by atoms with E-state index >= 15 is 0 Å². The lowest BCUT2D eigenvalue weighted by Crippen LogP contribution is -2.24. The molecule has 0 bridgehead atoms. The van der Waals surface area contributed by atoms with Crippen molar-refractivity contribution in [1.82, 2.24) is 0 Å². The average Bonchev–Trinajstić information content (AvgIpc) is 2.73. The summed E-state index contributed by atoms with van der Waals surface area (Å²) >= 11 is 0. The highest BCUT2D eigenvalue weighted by atomic mass is 14.4. The van der Waals surface area contributed by atoms with Crippen molar-refractivity contribution in [2.24, 2.45) is 11.3 Å². The van der Waals surface area contributed by atoms with E-state index in [2.05, 4.69) is 51.8 Å². The maximum Gasteiger partial charge on any atom is -0.0295 e. The van der Waals surface area contributed by atoms with E-state index in [9.17, 15) is 0 Å². The summed E-state index contributed by atoms with van der Waals surface area (Å²) in [5.41, 5.74) is 0.582. The van der Waals surface area contributed by atoms with Crippen LogP contribution in [0.25, 0.3) is 0 Å². The highest BCUT2D eigenvalue weighted by Gasteiger charge is 2.30. The quantitative estimate of drug-likeness (QED) is 0.108. The van der Waals surface area contributed by atoms with Crippen LogP contribution < -0.4 is 0 Å². The molecule has 0 heterocycles. The molecule has 0 radical (unpaired) electrons. The van der Waals surface area contributed by atoms with Crippen molar-refractivity contribution in [2.45, 2.75) is 142 Å². The van der Waals surface area contributed by atoms with Crippen LogP contribution in [-0.4, -0.2) is 0 Å². The Morgan fingerprint density at radius 3 is 1.47 bits per heavy atom. The Morgan fingerprint density at radius 1 is 0.600 bits per heavy atom. The first-order chi connectivity index (χ1) is 14.6. The Bertz CT molecular complexity index is 393. The van der Waals surface area contributed by atoms with E-state index in [4.69, 9.17) is 0 Å². The van der Waals surface area contributed by atoms with E-state index < -0.39 is 0 Å². The van der Waals surface area contributed by atoms with Crippen LogP contribution >= 0.6 is 0 Å². The predicted molar refractivity (Wildman–Crippen MR) is 140 cm³/mol. The first-order valence-electron chi connectivity index (χ1n) is 13.5. The first-order valence-corrected chi connectivity index (χ1v) is 13.5. The van der Waals surface area contributed by atoms with E-state index in [1.165, 1.54) is 128 Å². The number of allylic oxidation sites excluding steroid dienone is 3. The molecule has 0 aliphatic heterocycles. The molecule has 0 aromatic carbocycles. The number of hydrogen-bond donors (Lipinski definition) is 0. The third-order valence-electron chi connectivity index (χ3n) is 6.89. The molecule has 0 nitrogen and oxygen atoms in total. The Labute approximate surface area is 191 Å². The van der Waals surface area contributed by atoms with Crippen LogP contribution in [0.4, 0.5) is 0 Å². The maximum atomic E-state index is 4.01. The van der Waals surface area contributed by atoms with E-state index in [1.807, 2.05) is 0 Å². The van der Waals surface area contributed by atoms with Gasteiger partial charge in [0.2, 0.25) is 0 Å². The minimum Gasteiger partial charge on any atom is -0.103 e. The minimum atomic E-state index is 0.582. The zero-order valence-electron chi connectivity index (χ0n) is 21.1.